The summed E-state index contributed by atoms with van der Waals surface area (Å²) in [6.07, 6.45) is -0.978. The highest BCUT2D eigenvalue weighted by atomic mass is 32.2. The molecule has 25 heavy (non-hydrogen) atoms. The largest absolute Gasteiger partial charge is 0.399 e. The first-order valence-corrected chi connectivity index (χ1v) is 9.23. The SMILES string of the molecule is Nc1ccc(S(=O)(=O)NC(N)C(N)c2cccc3ccccc23)cc1. The lowest BCUT2D eigenvalue weighted by Gasteiger charge is -2.22. The van der Waals surface area contributed by atoms with Crippen LogP contribution in [-0.4, -0.2) is 14.6 Å². The number of nitrogens with two attached hydrogens (primary N) is 3. The Bertz CT molecular complexity index is 982. The third-order valence-corrected chi connectivity index (χ3v) is 5.53. The van der Waals surface area contributed by atoms with Crippen molar-refractivity contribution in [2.24, 2.45) is 11.5 Å². The summed E-state index contributed by atoms with van der Waals surface area (Å²) in [5.41, 5.74) is 19.1. The molecule has 2 unspecified atom stereocenters. The van der Waals surface area contributed by atoms with Crippen LogP contribution < -0.4 is 21.9 Å². The van der Waals surface area contributed by atoms with E-state index in [0.29, 0.717) is 5.69 Å². The summed E-state index contributed by atoms with van der Waals surface area (Å²) in [7, 11) is -3.79. The summed E-state index contributed by atoms with van der Waals surface area (Å²) in [5.74, 6) is 0. The number of nitrogen functional groups attached to an aromatic ring is 1. The number of hydrogen-bond acceptors (Lipinski definition) is 5. The van der Waals surface area contributed by atoms with Gasteiger partial charge in [0.1, 0.15) is 0 Å². The lowest BCUT2D eigenvalue weighted by Crippen LogP contribution is -2.48. The van der Waals surface area contributed by atoms with Gasteiger partial charge in [0, 0.05) is 5.69 Å². The second kappa shape index (κ2) is 6.81. The second-order valence-corrected chi connectivity index (χ2v) is 7.52. The molecule has 0 saturated carbocycles. The summed E-state index contributed by atoms with van der Waals surface area (Å²) in [4.78, 5) is 0.0854. The van der Waals surface area contributed by atoms with Gasteiger partial charge in [0.2, 0.25) is 10.0 Å². The fourth-order valence-corrected chi connectivity index (χ4v) is 3.84. The summed E-state index contributed by atoms with van der Waals surface area (Å²) >= 11 is 0. The van der Waals surface area contributed by atoms with Crippen LogP contribution in [-0.2, 0) is 10.0 Å². The van der Waals surface area contributed by atoms with Gasteiger partial charge >= 0.3 is 0 Å². The summed E-state index contributed by atoms with van der Waals surface area (Å²) in [5, 5.41) is 1.96. The Morgan fingerprint density at radius 2 is 1.48 bits per heavy atom. The van der Waals surface area contributed by atoms with Crippen LogP contribution in [0.4, 0.5) is 5.69 Å². The number of fused-ring (bicyclic) bond motifs is 1. The fraction of sp³-hybridized carbons (Fsp3) is 0.111. The molecule has 0 fully saturated rings. The molecule has 0 amide bonds. The van der Waals surface area contributed by atoms with E-state index in [2.05, 4.69) is 4.72 Å². The van der Waals surface area contributed by atoms with E-state index in [1.54, 1.807) is 0 Å². The zero-order valence-electron chi connectivity index (χ0n) is 13.5. The molecule has 0 heterocycles. The molecule has 0 spiro atoms. The molecule has 130 valence electrons. The van der Waals surface area contributed by atoms with Crippen LogP contribution in [0.1, 0.15) is 11.6 Å². The highest BCUT2D eigenvalue weighted by molar-refractivity contribution is 7.89. The predicted octanol–water partition coefficient (Wildman–Crippen LogP) is 1.69. The summed E-state index contributed by atoms with van der Waals surface area (Å²) in [6.45, 7) is 0. The van der Waals surface area contributed by atoms with E-state index in [9.17, 15) is 8.42 Å². The predicted molar refractivity (Wildman–Crippen MR) is 100 cm³/mol. The normalized spacial score (nSPS) is 14.3. The van der Waals surface area contributed by atoms with Crippen molar-refractivity contribution in [3.8, 4) is 0 Å². The maximum Gasteiger partial charge on any atom is 0.241 e. The van der Waals surface area contributed by atoms with Gasteiger partial charge < -0.3 is 17.2 Å². The van der Waals surface area contributed by atoms with Crippen LogP contribution in [0, 0.1) is 0 Å². The molecule has 0 saturated heterocycles. The molecule has 2 atom stereocenters. The highest BCUT2D eigenvalue weighted by Gasteiger charge is 2.24. The molecule has 3 aromatic carbocycles. The van der Waals surface area contributed by atoms with Crippen LogP contribution in [0.3, 0.4) is 0 Å². The van der Waals surface area contributed by atoms with Crippen molar-refractivity contribution < 1.29 is 8.42 Å². The maximum atomic E-state index is 12.5. The number of anilines is 1. The van der Waals surface area contributed by atoms with Gasteiger partial charge in [0.25, 0.3) is 0 Å². The third-order valence-electron chi connectivity index (χ3n) is 4.05. The smallest absolute Gasteiger partial charge is 0.241 e. The second-order valence-electron chi connectivity index (χ2n) is 5.81. The zero-order valence-corrected chi connectivity index (χ0v) is 14.3. The highest BCUT2D eigenvalue weighted by Crippen LogP contribution is 2.24. The number of benzene rings is 3. The van der Waals surface area contributed by atoms with Crippen molar-refractivity contribution in [1.82, 2.24) is 4.72 Å². The number of nitrogens with one attached hydrogen (secondary N) is 1. The molecular formula is C18H20N4O2S. The Morgan fingerprint density at radius 3 is 2.20 bits per heavy atom. The first kappa shape index (κ1) is 17.4. The first-order chi connectivity index (χ1) is 11.9. The molecule has 7 heteroatoms. The quantitative estimate of drug-likeness (QED) is 0.409. The topological polar surface area (TPSA) is 124 Å². The van der Waals surface area contributed by atoms with Gasteiger partial charge in [-0.2, -0.15) is 4.72 Å². The van der Waals surface area contributed by atoms with Crippen LogP contribution >= 0.6 is 0 Å². The molecule has 7 N–H and O–H groups in total. The van der Waals surface area contributed by atoms with E-state index in [0.717, 1.165) is 16.3 Å². The Morgan fingerprint density at radius 1 is 0.840 bits per heavy atom. The lowest BCUT2D eigenvalue weighted by atomic mass is 9.98. The van der Waals surface area contributed by atoms with Gasteiger partial charge in [-0.15, -0.1) is 0 Å². The summed E-state index contributed by atoms with van der Waals surface area (Å²) in [6, 6.07) is 18.6. The van der Waals surface area contributed by atoms with Crippen molar-refractivity contribution in [2.45, 2.75) is 17.1 Å². The Kier molecular flexibility index (Phi) is 4.73. The van der Waals surface area contributed by atoms with E-state index in [1.807, 2.05) is 42.5 Å². The van der Waals surface area contributed by atoms with E-state index in [4.69, 9.17) is 17.2 Å². The fourth-order valence-electron chi connectivity index (χ4n) is 2.70. The molecular weight excluding hydrogens is 336 g/mol. The minimum atomic E-state index is -3.79. The minimum absolute atomic E-state index is 0.0854. The van der Waals surface area contributed by atoms with Crippen LogP contribution in [0.2, 0.25) is 0 Å². The molecule has 0 aliphatic carbocycles. The molecule has 0 radical (unpaired) electrons. The summed E-state index contributed by atoms with van der Waals surface area (Å²) < 4.78 is 27.4. The van der Waals surface area contributed by atoms with E-state index in [1.165, 1.54) is 24.3 Å². The van der Waals surface area contributed by atoms with Crippen LogP contribution in [0.5, 0.6) is 0 Å². The van der Waals surface area contributed by atoms with Crippen molar-refractivity contribution in [2.75, 3.05) is 5.73 Å². The standard InChI is InChI=1S/C18H20N4O2S/c19-13-8-10-14(11-9-13)25(23,24)22-18(21)17(20)16-7-3-5-12-4-1-2-6-15(12)16/h1-11,17-18,22H,19-21H2. The van der Waals surface area contributed by atoms with Crippen LogP contribution in [0.15, 0.2) is 71.6 Å². The third kappa shape index (κ3) is 3.64. The van der Waals surface area contributed by atoms with E-state index < -0.39 is 22.2 Å². The van der Waals surface area contributed by atoms with Crippen LogP contribution in [0.25, 0.3) is 10.8 Å². The Hall–Kier alpha value is -2.45. The number of rotatable bonds is 5. The van der Waals surface area contributed by atoms with Gasteiger partial charge in [0.05, 0.1) is 17.1 Å². The minimum Gasteiger partial charge on any atom is -0.399 e. The monoisotopic (exact) mass is 356 g/mol. The van der Waals surface area contributed by atoms with E-state index >= 15 is 0 Å². The lowest BCUT2D eigenvalue weighted by molar-refractivity contribution is 0.502. The molecule has 3 aromatic rings. The van der Waals surface area contributed by atoms with Crippen molar-refractivity contribution in [1.29, 1.82) is 0 Å². The van der Waals surface area contributed by atoms with Gasteiger partial charge in [-0.1, -0.05) is 42.5 Å². The van der Waals surface area contributed by atoms with Crippen molar-refractivity contribution in [3.63, 3.8) is 0 Å². The molecule has 0 aromatic heterocycles. The van der Waals surface area contributed by atoms with Gasteiger partial charge in [0.15, 0.2) is 0 Å². The van der Waals surface area contributed by atoms with Crippen molar-refractivity contribution >= 4 is 26.5 Å². The molecule has 6 nitrogen and oxygen atoms in total. The average Bonchev–Trinajstić information content (AvgIpc) is 2.60. The Labute approximate surface area is 146 Å². The Balaban J connectivity index is 1.87. The number of hydrogen-bond donors (Lipinski definition) is 4. The van der Waals surface area contributed by atoms with Crippen molar-refractivity contribution in [3.05, 3.63) is 72.3 Å². The molecule has 0 aliphatic heterocycles. The molecule has 0 bridgehead atoms. The van der Waals surface area contributed by atoms with Gasteiger partial charge in [-0.3, -0.25) is 0 Å². The maximum absolute atomic E-state index is 12.5. The van der Waals surface area contributed by atoms with E-state index in [-0.39, 0.29) is 4.90 Å². The molecule has 3 rings (SSSR count). The zero-order chi connectivity index (χ0) is 18.0. The number of sulfonamides is 1. The van der Waals surface area contributed by atoms with Gasteiger partial charge in [-0.05, 0) is 40.6 Å². The first-order valence-electron chi connectivity index (χ1n) is 7.75. The van der Waals surface area contributed by atoms with Gasteiger partial charge in [-0.25, -0.2) is 8.42 Å². The average molecular weight is 356 g/mol. The molecule has 0 aliphatic rings.